The third kappa shape index (κ3) is 8.49. The summed E-state index contributed by atoms with van der Waals surface area (Å²) in [5.41, 5.74) is 0.892. The second-order valence-electron chi connectivity index (χ2n) is 4.81. The Balaban J connectivity index is 0.000000460. The number of methoxy groups -OCH3 is 2. The summed E-state index contributed by atoms with van der Waals surface area (Å²) in [4.78, 5) is 22.0. The highest BCUT2D eigenvalue weighted by molar-refractivity contribution is 9.93. The molecule has 0 aromatic heterocycles. The van der Waals surface area contributed by atoms with Gasteiger partial charge in [0, 0.05) is 39.4 Å². The molecule has 2 aromatic carbocycles. The summed E-state index contributed by atoms with van der Waals surface area (Å²) >= 11 is 8.53. The van der Waals surface area contributed by atoms with Gasteiger partial charge in [-0.15, -0.1) is 0 Å². The zero-order valence-corrected chi connectivity index (χ0v) is 19.5. The molecule has 0 atom stereocenters. The van der Waals surface area contributed by atoms with Crippen LogP contribution in [0, 0.1) is 11.6 Å². The minimum absolute atomic E-state index is 0.0896. The van der Waals surface area contributed by atoms with E-state index in [0.29, 0.717) is 11.1 Å². The quantitative estimate of drug-likeness (QED) is 0.318. The molecule has 0 aliphatic carbocycles. The topological polar surface area (TPSA) is 52.6 Å². The smallest absolute Gasteiger partial charge is 0.173 e. The summed E-state index contributed by atoms with van der Waals surface area (Å²) < 4.78 is 35.1. The van der Waals surface area contributed by atoms with Crippen molar-refractivity contribution in [3.63, 3.8) is 0 Å². The maximum Gasteiger partial charge on any atom is 0.173 e. The molecule has 0 saturated carbocycles. The van der Waals surface area contributed by atoms with E-state index < -0.39 is 11.6 Å². The molecule has 0 heterocycles. The third-order valence-corrected chi connectivity index (χ3v) is 3.66. The number of benzene rings is 2. The molecule has 0 spiro atoms. The lowest BCUT2D eigenvalue weighted by molar-refractivity contribution is 0.101. The van der Waals surface area contributed by atoms with Gasteiger partial charge in [0.2, 0.25) is 0 Å². The maximum absolute atomic E-state index is 12.9. The fourth-order valence-corrected chi connectivity index (χ4v) is 2.11. The highest BCUT2D eigenvalue weighted by atomic mass is 80.9. The van der Waals surface area contributed by atoms with Gasteiger partial charge in [-0.3, -0.25) is 9.59 Å². The Labute approximate surface area is 180 Å². The van der Waals surface area contributed by atoms with Crippen LogP contribution in [0.1, 0.15) is 27.6 Å². The summed E-state index contributed by atoms with van der Waals surface area (Å²) in [7, 11) is 2.73. The predicted molar refractivity (Wildman–Crippen MR) is 112 cm³/mol. The van der Waals surface area contributed by atoms with Crippen LogP contribution >= 0.6 is 44.2 Å². The van der Waals surface area contributed by atoms with Crippen LogP contribution in [0.5, 0.6) is 11.5 Å². The number of rotatable bonds is 5. The van der Waals surface area contributed by atoms with Crippen molar-refractivity contribution in [3.8, 4) is 11.5 Å². The number of halogens is 5. The van der Waals surface area contributed by atoms with Crippen molar-refractivity contribution >= 4 is 55.8 Å². The van der Waals surface area contributed by atoms with E-state index in [1.165, 1.54) is 57.5 Å². The van der Waals surface area contributed by atoms with Crippen molar-refractivity contribution in [3.05, 3.63) is 59.2 Å². The van der Waals surface area contributed by atoms with E-state index in [0.717, 1.165) is 0 Å². The Morgan fingerprint density at radius 1 is 0.889 bits per heavy atom. The Morgan fingerprint density at radius 2 is 1.30 bits per heavy atom. The van der Waals surface area contributed by atoms with Crippen molar-refractivity contribution in [1.29, 1.82) is 0 Å². The number of hydrogen-bond donors (Lipinski definition) is 0. The Bertz CT molecular complexity index is 770. The van der Waals surface area contributed by atoms with Gasteiger partial charge in [-0.1, -0.05) is 15.9 Å². The van der Waals surface area contributed by atoms with Crippen LogP contribution in [0.3, 0.4) is 0 Å². The summed E-state index contributed by atoms with van der Waals surface area (Å²) in [5.74, 6) is -0.933. The Hall–Kier alpha value is -1.32. The van der Waals surface area contributed by atoms with Gasteiger partial charge < -0.3 is 9.47 Å². The molecule has 0 saturated heterocycles. The molecule has 0 aliphatic rings. The molecule has 2 aromatic rings. The van der Waals surface area contributed by atoms with E-state index in [9.17, 15) is 18.4 Å². The van der Waals surface area contributed by atoms with Crippen molar-refractivity contribution in [1.82, 2.24) is 0 Å². The lowest BCUT2D eigenvalue weighted by Crippen LogP contribution is -2.01. The second-order valence-corrected chi connectivity index (χ2v) is 5.37. The van der Waals surface area contributed by atoms with Gasteiger partial charge in [0.15, 0.2) is 34.7 Å². The first-order valence-electron chi connectivity index (χ1n) is 7.25. The number of ketones is 2. The summed E-state index contributed by atoms with van der Waals surface area (Å²) in [6.45, 7) is 1.42. The molecular formula is C18H17Br3F2O4. The normalized spacial score (nSPS) is 9.19. The van der Waals surface area contributed by atoms with E-state index in [4.69, 9.17) is 9.47 Å². The highest BCUT2D eigenvalue weighted by Gasteiger charge is 2.08. The first kappa shape index (κ1) is 25.7. The molecule has 9 heteroatoms. The molecule has 0 unspecified atom stereocenters. The molecule has 2 rings (SSSR count). The largest absolute Gasteiger partial charge is 0.494 e. The van der Waals surface area contributed by atoms with Crippen LogP contribution in [-0.4, -0.2) is 31.1 Å². The van der Waals surface area contributed by atoms with Gasteiger partial charge >= 0.3 is 0 Å². The third-order valence-electron chi connectivity index (χ3n) is 3.15. The Kier molecular flexibility index (Phi) is 13.1. The van der Waals surface area contributed by atoms with Crippen molar-refractivity contribution in [2.75, 3.05) is 19.5 Å². The van der Waals surface area contributed by atoms with Crippen LogP contribution in [0.2, 0.25) is 0 Å². The van der Waals surface area contributed by atoms with E-state index in [1.807, 2.05) is 0 Å². The predicted octanol–water partition coefficient (Wildman–Crippen LogP) is 6.14. The molecule has 0 N–H and O–H groups in total. The minimum Gasteiger partial charge on any atom is -0.494 e. The molecule has 0 aliphatic heterocycles. The van der Waals surface area contributed by atoms with Crippen LogP contribution in [0.25, 0.3) is 0 Å². The average Bonchev–Trinajstić information content (AvgIpc) is 2.70. The monoisotopic (exact) mass is 572 g/mol. The fraction of sp³-hybridized carbons (Fsp3) is 0.222. The Morgan fingerprint density at radius 3 is 1.67 bits per heavy atom. The number of Topliss-reactive ketones (excluding diaryl/α,β-unsaturated/α-hetero) is 2. The standard InChI is InChI=1S/C9H8BrFO2.C9H9FO2.Br2/c1-13-9-4-6(8(12)5-10)2-3-7(9)11;1-6(11)7-3-4-8(10)9(5-7)12-2;1-2/h2-4H,5H2,1H3;3-5H,1-2H3;. The summed E-state index contributed by atoms with van der Waals surface area (Å²) in [6.07, 6.45) is 0. The molecule has 4 nitrogen and oxygen atoms in total. The average molecular weight is 575 g/mol. The molecule has 0 fully saturated rings. The molecule has 0 amide bonds. The van der Waals surface area contributed by atoms with Gasteiger partial charge in [0.25, 0.3) is 0 Å². The molecule has 0 radical (unpaired) electrons. The summed E-state index contributed by atoms with van der Waals surface area (Å²) in [5, 5.41) is 0.224. The highest BCUT2D eigenvalue weighted by Crippen LogP contribution is 2.19. The van der Waals surface area contributed by atoms with Crippen molar-refractivity contribution in [2.45, 2.75) is 6.92 Å². The van der Waals surface area contributed by atoms with Gasteiger partial charge in [0.1, 0.15) is 0 Å². The number of ether oxygens (including phenoxy) is 2. The first-order chi connectivity index (χ1) is 12.8. The van der Waals surface area contributed by atoms with Crippen LogP contribution in [-0.2, 0) is 0 Å². The molecule has 148 valence electrons. The van der Waals surface area contributed by atoms with E-state index in [-0.39, 0.29) is 28.4 Å². The van der Waals surface area contributed by atoms with E-state index in [2.05, 4.69) is 44.2 Å². The zero-order valence-electron chi connectivity index (χ0n) is 14.7. The molecule has 0 bridgehead atoms. The number of hydrogen-bond acceptors (Lipinski definition) is 4. The summed E-state index contributed by atoms with van der Waals surface area (Å²) in [6, 6.07) is 8.07. The number of carbonyl (C=O) groups excluding carboxylic acids is 2. The van der Waals surface area contributed by atoms with Gasteiger partial charge in [0.05, 0.1) is 19.5 Å². The van der Waals surface area contributed by atoms with E-state index in [1.54, 1.807) is 0 Å². The molecule has 27 heavy (non-hydrogen) atoms. The first-order valence-corrected chi connectivity index (χ1v) is 12.1. The van der Waals surface area contributed by atoms with Crippen molar-refractivity contribution < 1.29 is 27.8 Å². The lowest BCUT2D eigenvalue weighted by atomic mass is 10.1. The number of carbonyl (C=O) groups is 2. The number of alkyl halides is 1. The van der Waals surface area contributed by atoms with Crippen LogP contribution < -0.4 is 9.47 Å². The zero-order chi connectivity index (χ0) is 21.0. The van der Waals surface area contributed by atoms with Crippen molar-refractivity contribution in [2.24, 2.45) is 0 Å². The van der Waals surface area contributed by atoms with Gasteiger partial charge in [-0.2, -0.15) is 0 Å². The van der Waals surface area contributed by atoms with E-state index >= 15 is 0 Å². The van der Waals surface area contributed by atoms with Crippen LogP contribution in [0.15, 0.2) is 36.4 Å². The van der Waals surface area contributed by atoms with Crippen LogP contribution in [0.4, 0.5) is 8.78 Å². The van der Waals surface area contributed by atoms with Gasteiger partial charge in [-0.25, -0.2) is 8.78 Å². The minimum atomic E-state index is -0.464. The fourth-order valence-electron chi connectivity index (χ4n) is 1.79. The molecular weight excluding hydrogens is 558 g/mol. The second kappa shape index (κ2) is 13.8. The SMILES string of the molecule is BrBr.COc1cc(C(=O)CBr)ccc1F.COc1cc(C(C)=O)ccc1F. The lowest BCUT2D eigenvalue weighted by Gasteiger charge is -2.03. The maximum atomic E-state index is 12.9. The van der Waals surface area contributed by atoms with Gasteiger partial charge in [-0.05, 0) is 43.3 Å².